The standard InChI is InChI=1S/C15H14N4O3S/c1-9-7-13(19-22-9)18-15(20)17-12-4-3-10(21-2)8-11(12)14-16-5-6-23-14/h3-8H,1-2H3,(H2,17,18,19,20). The summed E-state index contributed by atoms with van der Waals surface area (Å²) in [5, 5.41) is 11.8. The maximum Gasteiger partial charge on any atom is 0.324 e. The zero-order valence-electron chi connectivity index (χ0n) is 12.5. The van der Waals surface area contributed by atoms with Gasteiger partial charge in [0.2, 0.25) is 0 Å². The lowest BCUT2D eigenvalue weighted by Gasteiger charge is -2.11. The summed E-state index contributed by atoms with van der Waals surface area (Å²) in [6, 6.07) is 6.58. The number of hydrogen-bond donors (Lipinski definition) is 2. The Morgan fingerprint density at radius 1 is 1.30 bits per heavy atom. The molecule has 2 N–H and O–H groups in total. The summed E-state index contributed by atoms with van der Waals surface area (Å²) in [5.74, 6) is 1.66. The van der Waals surface area contributed by atoms with Crippen LogP contribution < -0.4 is 15.4 Å². The normalized spacial score (nSPS) is 10.3. The Morgan fingerprint density at radius 2 is 2.17 bits per heavy atom. The third-order valence-corrected chi connectivity index (χ3v) is 3.81. The quantitative estimate of drug-likeness (QED) is 0.760. The van der Waals surface area contributed by atoms with Crippen LogP contribution in [-0.4, -0.2) is 23.3 Å². The van der Waals surface area contributed by atoms with Crippen molar-refractivity contribution in [1.82, 2.24) is 10.1 Å². The molecule has 118 valence electrons. The molecule has 0 saturated carbocycles. The molecule has 0 fully saturated rings. The van der Waals surface area contributed by atoms with E-state index in [4.69, 9.17) is 9.26 Å². The van der Waals surface area contributed by atoms with E-state index in [0.717, 1.165) is 10.6 Å². The predicted molar refractivity (Wildman–Crippen MR) is 88.0 cm³/mol. The van der Waals surface area contributed by atoms with E-state index >= 15 is 0 Å². The van der Waals surface area contributed by atoms with Crippen LogP contribution in [0.15, 0.2) is 40.4 Å². The number of urea groups is 1. The molecule has 0 unspecified atom stereocenters. The molecule has 0 atom stereocenters. The second-order valence-electron chi connectivity index (χ2n) is 4.65. The molecule has 2 amide bonds. The number of nitrogens with zero attached hydrogens (tertiary/aromatic N) is 2. The SMILES string of the molecule is COc1ccc(NC(=O)Nc2cc(C)on2)c(-c2nccs2)c1. The predicted octanol–water partition coefficient (Wildman–Crippen LogP) is 3.76. The molecule has 0 saturated heterocycles. The van der Waals surface area contributed by atoms with E-state index in [9.17, 15) is 4.79 Å². The van der Waals surface area contributed by atoms with Crippen LogP contribution in [0.3, 0.4) is 0 Å². The fourth-order valence-electron chi connectivity index (χ4n) is 1.99. The van der Waals surface area contributed by atoms with E-state index in [1.54, 1.807) is 38.4 Å². The van der Waals surface area contributed by atoms with Crippen molar-refractivity contribution in [3.8, 4) is 16.3 Å². The van der Waals surface area contributed by atoms with Gasteiger partial charge in [0.05, 0.1) is 12.8 Å². The first kappa shape index (κ1) is 15.0. The van der Waals surface area contributed by atoms with Gasteiger partial charge in [-0.05, 0) is 25.1 Å². The monoisotopic (exact) mass is 330 g/mol. The smallest absolute Gasteiger partial charge is 0.324 e. The lowest BCUT2D eigenvalue weighted by molar-refractivity contribution is 0.262. The van der Waals surface area contributed by atoms with Gasteiger partial charge in [-0.3, -0.25) is 5.32 Å². The van der Waals surface area contributed by atoms with Gasteiger partial charge in [-0.2, -0.15) is 0 Å². The summed E-state index contributed by atoms with van der Waals surface area (Å²) in [6.45, 7) is 1.75. The second-order valence-corrected chi connectivity index (χ2v) is 5.55. The highest BCUT2D eigenvalue weighted by atomic mass is 32.1. The van der Waals surface area contributed by atoms with Crippen molar-refractivity contribution in [1.29, 1.82) is 0 Å². The number of benzene rings is 1. The Kier molecular flexibility index (Phi) is 4.24. The summed E-state index contributed by atoms with van der Waals surface area (Å²) >= 11 is 1.48. The largest absolute Gasteiger partial charge is 0.497 e. The maximum absolute atomic E-state index is 12.1. The summed E-state index contributed by atoms with van der Waals surface area (Å²) in [7, 11) is 1.59. The number of rotatable bonds is 4. The van der Waals surface area contributed by atoms with Crippen LogP contribution in [-0.2, 0) is 0 Å². The van der Waals surface area contributed by atoms with Gasteiger partial charge in [-0.1, -0.05) is 5.16 Å². The number of nitrogens with one attached hydrogen (secondary N) is 2. The summed E-state index contributed by atoms with van der Waals surface area (Å²) in [6.07, 6.45) is 1.71. The van der Waals surface area contributed by atoms with Crippen LogP contribution in [0, 0.1) is 6.92 Å². The average molecular weight is 330 g/mol. The number of aromatic nitrogens is 2. The highest BCUT2D eigenvalue weighted by Gasteiger charge is 2.13. The number of anilines is 2. The fourth-order valence-corrected chi connectivity index (χ4v) is 2.66. The Labute approximate surface area is 136 Å². The van der Waals surface area contributed by atoms with Crippen LogP contribution >= 0.6 is 11.3 Å². The summed E-state index contributed by atoms with van der Waals surface area (Å²) in [5.41, 5.74) is 1.41. The molecular weight excluding hydrogens is 316 g/mol. The van der Waals surface area contributed by atoms with Gasteiger partial charge < -0.3 is 14.6 Å². The first-order valence-corrected chi connectivity index (χ1v) is 7.63. The Balaban J connectivity index is 1.83. The van der Waals surface area contributed by atoms with Gasteiger partial charge in [0.15, 0.2) is 5.82 Å². The number of aryl methyl sites for hydroxylation is 1. The average Bonchev–Trinajstić information content (AvgIpc) is 3.19. The van der Waals surface area contributed by atoms with Gasteiger partial charge in [0.25, 0.3) is 0 Å². The van der Waals surface area contributed by atoms with Gasteiger partial charge in [-0.25, -0.2) is 9.78 Å². The zero-order chi connectivity index (χ0) is 16.2. The molecule has 2 heterocycles. The number of methoxy groups -OCH3 is 1. The van der Waals surface area contributed by atoms with Crippen LogP contribution in [0.4, 0.5) is 16.3 Å². The van der Waals surface area contributed by atoms with Crippen molar-refractivity contribution in [3.63, 3.8) is 0 Å². The van der Waals surface area contributed by atoms with Crippen LogP contribution in [0.2, 0.25) is 0 Å². The Bertz CT molecular complexity index is 814. The molecule has 3 aromatic rings. The highest BCUT2D eigenvalue weighted by molar-refractivity contribution is 7.13. The molecule has 2 aromatic heterocycles. The van der Waals surface area contributed by atoms with Crippen molar-refractivity contribution >= 4 is 28.9 Å². The molecular formula is C15H14N4O3S. The van der Waals surface area contributed by atoms with Crippen molar-refractivity contribution in [2.75, 3.05) is 17.7 Å². The molecule has 3 rings (SSSR count). The number of ether oxygens (including phenoxy) is 1. The molecule has 0 spiro atoms. The summed E-state index contributed by atoms with van der Waals surface area (Å²) in [4.78, 5) is 16.4. The van der Waals surface area contributed by atoms with Gasteiger partial charge in [0.1, 0.15) is 16.5 Å². The minimum Gasteiger partial charge on any atom is -0.497 e. The van der Waals surface area contributed by atoms with E-state index in [-0.39, 0.29) is 0 Å². The molecule has 8 heteroatoms. The first-order valence-electron chi connectivity index (χ1n) is 6.75. The molecule has 1 aromatic carbocycles. The molecule has 0 radical (unpaired) electrons. The van der Waals surface area contributed by atoms with Crippen LogP contribution in [0.5, 0.6) is 5.75 Å². The van der Waals surface area contributed by atoms with Gasteiger partial charge >= 0.3 is 6.03 Å². The molecule has 0 aliphatic carbocycles. The number of carbonyl (C=O) groups is 1. The van der Waals surface area contributed by atoms with E-state index in [2.05, 4.69) is 20.8 Å². The van der Waals surface area contributed by atoms with Crippen molar-refractivity contribution < 1.29 is 14.1 Å². The molecule has 0 aliphatic heterocycles. The third kappa shape index (κ3) is 3.49. The van der Waals surface area contributed by atoms with E-state index in [0.29, 0.717) is 23.0 Å². The van der Waals surface area contributed by atoms with Crippen molar-refractivity contribution in [2.24, 2.45) is 0 Å². The van der Waals surface area contributed by atoms with Gasteiger partial charge in [0, 0.05) is 23.2 Å². The van der Waals surface area contributed by atoms with Crippen molar-refractivity contribution in [2.45, 2.75) is 6.92 Å². The molecule has 0 bridgehead atoms. The number of carbonyl (C=O) groups excluding carboxylic acids is 1. The molecule has 7 nitrogen and oxygen atoms in total. The number of thiazole rings is 1. The molecule has 23 heavy (non-hydrogen) atoms. The molecule has 0 aliphatic rings. The van der Waals surface area contributed by atoms with Gasteiger partial charge in [-0.15, -0.1) is 11.3 Å². The van der Waals surface area contributed by atoms with Crippen LogP contribution in [0.25, 0.3) is 10.6 Å². The minimum absolute atomic E-state index is 0.351. The van der Waals surface area contributed by atoms with Crippen molar-refractivity contribution in [3.05, 3.63) is 41.6 Å². The first-order chi connectivity index (χ1) is 11.2. The lowest BCUT2D eigenvalue weighted by Crippen LogP contribution is -2.20. The van der Waals surface area contributed by atoms with E-state index in [1.807, 2.05) is 11.4 Å². The van der Waals surface area contributed by atoms with E-state index < -0.39 is 6.03 Å². The van der Waals surface area contributed by atoms with Crippen LogP contribution in [0.1, 0.15) is 5.76 Å². The highest BCUT2D eigenvalue weighted by Crippen LogP contribution is 2.33. The minimum atomic E-state index is -0.415. The zero-order valence-corrected chi connectivity index (χ0v) is 13.3. The number of hydrogen-bond acceptors (Lipinski definition) is 6. The lowest BCUT2D eigenvalue weighted by atomic mass is 10.1. The van der Waals surface area contributed by atoms with E-state index in [1.165, 1.54) is 11.3 Å². The maximum atomic E-state index is 12.1. The Morgan fingerprint density at radius 3 is 2.83 bits per heavy atom. The fraction of sp³-hybridized carbons (Fsp3) is 0.133. The number of amides is 2. The third-order valence-electron chi connectivity index (χ3n) is 3.01. The second kappa shape index (κ2) is 6.49. The summed E-state index contributed by atoms with van der Waals surface area (Å²) < 4.78 is 10.1. The topological polar surface area (TPSA) is 89.3 Å². The Hall–Kier alpha value is -2.87.